The highest BCUT2D eigenvalue weighted by molar-refractivity contribution is 6.30. The molecule has 0 aliphatic heterocycles. The Kier molecular flexibility index (Phi) is 9.83. The topological polar surface area (TPSA) is 104 Å². The van der Waals surface area contributed by atoms with Gasteiger partial charge in [0.25, 0.3) is 5.91 Å². The molecule has 10 nitrogen and oxygen atoms in total. The number of carbonyl (C=O) groups excluding carboxylic acids is 2. The van der Waals surface area contributed by atoms with Gasteiger partial charge in [-0.2, -0.15) is 0 Å². The standard InChI is InChI=1S/C30H31ClN4O6/c1-38-15-14-34(29(37)21-6-5-7-24(16-21)39-2)19-28(36)33-30-32-25(20-8-10-22(31)11-9-20)18-35(30)23-12-13-26(40-3)27(17-23)41-4/h5-13,16-18H,14-15,19H2,1-4H3,(H,32,33,36). The van der Waals surface area contributed by atoms with Gasteiger partial charge in [0, 0.05) is 42.1 Å². The maximum atomic E-state index is 13.4. The van der Waals surface area contributed by atoms with E-state index < -0.39 is 5.91 Å². The van der Waals surface area contributed by atoms with Gasteiger partial charge in [-0.15, -0.1) is 0 Å². The number of hydrogen-bond acceptors (Lipinski definition) is 7. The summed E-state index contributed by atoms with van der Waals surface area (Å²) in [6.07, 6.45) is 1.80. The maximum absolute atomic E-state index is 13.4. The largest absolute Gasteiger partial charge is 0.497 e. The Hall–Kier alpha value is -4.54. The van der Waals surface area contributed by atoms with Crippen LogP contribution >= 0.6 is 11.6 Å². The average molecular weight is 579 g/mol. The Bertz CT molecular complexity index is 1510. The predicted octanol–water partition coefficient (Wildman–Crippen LogP) is 4.95. The van der Waals surface area contributed by atoms with Gasteiger partial charge in [0.2, 0.25) is 11.9 Å². The molecule has 0 unspecified atom stereocenters. The van der Waals surface area contributed by atoms with Gasteiger partial charge in [-0.25, -0.2) is 4.98 Å². The Morgan fingerprint density at radius 2 is 1.68 bits per heavy atom. The van der Waals surface area contributed by atoms with Crippen LogP contribution in [-0.2, 0) is 9.53 Å². The molecule has 1 aromatic heterocycles. The van der Waals surface area contributed by atoms with E-state index in [2.05, 4.69) is 5.32 Å². The lowest BCUT2D eigenvalue weighted by Crippen LogP contribution is -2.40. The zero-order valence-corrected chi connectivity index (χ0v) is 24.0. The SMILES string of the molecule is COCCN(CC(=O)Nc1nc(-c2ccc(Cl)cc2)cn1-c1ccc(OC)c(OC)c1)C(=O)c1cccc(OC)c1. The first-order chi connectivity index (χ1) is 19.9. The molecule has 4 rings (SSSR count). The number of halogens is 1. The second-order valence-electron chi connectivity index (χ2n) is 8.87. The van der Waals surface area contributed by atoms with Crippen LogP contribution in [0.5, 0.6) is 17.2 Å². The van der Waals surface area contributed by atoms with Gasteiger partial charge in [0.15, 0.2) is 11.5 Å². The number of imidazole rings is 1. The Balaban J connectivity index is 1.65. The van der Waals surface area contributed by atoms with Gasteiger partial charge >= 0.3 is 0 Å². The van der Waals surface area contributed by atoms with E-state index in [1.54, 1.807) is 73.5 Å². The molecule has 1 N–H and O–H groups in total. The van der Waals surface area contributed by atoms with Crippen molar-refractivity contribution in [1.29, 1.82) is 0 Å². The van der Waals surface area contributed by atoms with E-state index >= 15 is 0 Å². The number of nitrogens with one attached hydrogen (secondary N) is 1. The number of methoxy groups -OCH3 is 4. The quantitative estimate of drug-likeness (QED) is 0.254. The summed E-state index contributed by atoms with van der Waals surface area (Å²) in [5, 5.41) is 3.46. The maximum Gasteiger partial charge on any atom is 0.254 e. The smallest absolute Gasteiger partial charge is 0.254 e. The second kappa shape index (κ2) is 13.7. The molecule has 11 heteroatoms. The number of nitrogens with zero attached hydrogens (tertiary/aromatic N) is 3. The monoisotopic (exact) mass is 578 g/mol. The van der Waals surface area contributed by atoms with Crippen molar-refractivity contribution in [2.24, 2.45) is 0 Å². The molecule has 0 aliphatic rings. The van der Waals surface area contributed by atoms with Crippen molar-refractivity contribution in [3.63, 3.8) is 0 Å². The van der Waals surface area contributed by atoms with Crippen LogP contribution in [0.2, 0.25) is 5.02 Å². The third-order valence-electron chi connectivity index (χ3n) is 6.25. The van der Waals surface area contributed by atoms with Crippen LogP contribution in [-0.4, -0.2) is 74.4 Å². The van der Waals surface area contributed by atoms with Gasteiger partial charge in [0.1, 0.15) is 12.3 Å². The summed E-state index contributed by atoms with van der Waals surface area (Å²) in [5.41, 5.74) is 2.48. The van der Waals surface area contributed by atoms with Crippen molar-refractivity contribution >= 4 is 29.4 Å². The van der Waals surface area contributed by atoms with E-state index in [0.29, 0.717) is 39.2 Å². The Labute approximate surface area is 243 Å². The summed E-state index contributed by atoms with van der Waals surface area (Å²) < 4.78 is 23.0. The molecule has 214 valence electrons. The highest BCUT2D eigenvalue weighted by atomic mass is 35.5. The summed E-state index contributed by atoms with van der Waals surface area (Å²) in [5.74, 6) is 1.10. The highest BCUT2D eigenvalue weighted by Gasteiger charge is 2.22. The van der Waals surface area contributed by atoms with Gasteiger partial charge in [-0.05, 0) is 42.5 Å². The lowest BCUT2D eigenvalue weighted by atomic mass is 10.2. The molecular weight excluding hydrogens is 548 g/mol. The van der Waals surface area contributed by atoms with E-state index in [1.807, 2.05) is 18.2 Å². The number of rotatable bonds is 12. The van der Waals surface area contributed by atoms with Crippen molar-refractivity contribution in [2.75, 3.05) is 53.5 Å². The fourth-order valence-corrected chi connectivity index (χ4v) is 4.26. The first-order valence-corrected chi connectivity index (χ1v) is 13.0. The van der Waals surface area contributed by atoms with Crippen molar-refractivity contribution in [3.8, 4) is 34.2 Å². The van der Waals surface area contributed by atoms with Crippen LogP contribution in [0.15, 0.2) is 72.9 Å². The molecule has 2 amide bonds. The van der Waals surface area contributed by atoms with E-state index in [1.165, 1.54) is 19.1 Å². The first kappa shape index (κ1) is 29.4. The van der Waals surface area contributed by atoms with Gasteiger partial charge in [0.05, 0.1) is 39.3 Å². The fraction of sp³-hybridized carbons (Fsp3) is 0.233. The lowest BCUT2D eigenvalue weighted by molar-refractivity contribution is -0.117. The van der Waals surface area contributed by atoms with Crippen LogP contribution in [0.1, 0.15) is 10.4 Å². The number of ether oxygens (including phenoxy) is 4. The third kappa shape index (κ3) is 7.16. The molecule has 0 aliphatic carbocycles. The van der Waals surface area contributed by atoms with Crippen LogP contribution < -0.4 is 19.5 Å². The van der Waals surface area contributed by atoms with E-state index in [-0.39, 0.29) is 31.6 Å². The van der Waals surface area contributed by atoms with E-state index in [9.17, 15) is 9.59 Å². The molecule has 3 aromatic carbocycles. The molecule has 0 atom stereocenters. The molecule has 1 heterocycles. The minimum absolute atomic E-state index is 0.208. The number of benzene rings is 3. The number of aromatic nitrogens is 2. The third-order valence-corrected chi connectivity index (χ3v) is 6.50. The average Bonchev–Trinajstić information content (AvgIpc) is 3.42. The van der Waals surface area contributed by atoms with E-state index in [0.717, 1.165) is 5.56 Å². The van der Waals surface area contributed by atoms with Crippen LogP contribution in [0.3, 0.4) is 0 Å². The molecule has 4 aromatic rings. The molecular formula is C30H31ClN4O6. The molecule has 41 heavy (non-hydrogen) atoms. The summed E-state index contributed by atoms with van der Waals surface area (Å²) in [6, 6.07) is 19.3. The van der Waals surface area contributed by atoms with Crippen LogP contribution in [0.25, 0.3) is 16.9 Å². The summed E-state index contributed by atoms with van der Waals surface area (Å²) in [4.78, 5) is 32.8. The summed E-state index contributed by atoms with van der Waals surface area (Å²) in [7, 11) is 6.16. The van der Waals surface area contributed by atoms with Gasteiger partial charge in [-0.1, -0.05) is 29.8 Å². The normalized spacial score (nSPS) is 10.7. The predicted molar refractivity (Wildman–Crippen MR) is 157 cm³/mol. The Morgan fingerprint density at radius 1 is 0.927 bits per heavy atom. The minimum Gasteiger partial charge on any atom is -0.497 e. The van der Waals surface area contributed by atoms with Crippen molar-refractivity contribution in [3.05, 3.63) is 83.5 Å². The summed E-state index contributed by atoms with van der Waals surface area (Å²) >= 11 is 6.08. The minimum atomic E-state index is -0.438. The number of carbonyl (C=O) groups is 2. The summed E-state index contributed by atoms with van der Waals surface area (Å²) in [6.45, 7) is 0.235. The highest BCUT2D eigenvalue weighted by Crippen LogP contribution is 2.32. The van der Waals surface area contributed by atoms with E-state index in [4.69, 9.17) is 35.5 Å². The second-order valence-corrected chi connectivity index (χ2v) is 9.30. The van der Waals surface area contributed by atoms with Crippen LogP contribution in [0.4, 0.5) is 5.95 Å². The van der Waals surface area contributed by atoms with Gasteiger partial charge < -0.3 is 23.8 Å². The number of anilines is 1. The Morgan fingerprint density at radius 3 is 2.37 bits per heavy atom. The molecule has 0 fully saturated rings. The van der Waals surface area contributed by atoms with Crippen LogP contribution in [0, 0.1) is 0 Å². The zero-order valence-electron chi connectivity index (χ0n) is 23.2. The van der Waals surface area contributed by atoms with Crippen molar-refractivity contribution in [2.45, 2.75) is 0 Å². The van der Waals surface area contributed by atoms with Gasteiger partial charge in [-0.3, -0.25) is 19.5 Å². The molecule has 0 radical (unpaired) electrons. The number of amides is 2. The van der Waals surface area contributed by atoms with Crippen molar-refractivity contribution < 1.29 is 28.5 Å². The molecule has 0 bridgehead atoms. The van der Waals surface area contributed by atoms with Crippen molar-refractivity contribution in [1.82, 2.24) is 14.5 Å². The fourth-order valence-electron chi connectivity index (χ4n) is 4.13. The zero-order chi connectivity index (χ0) is 29.4. The first-order valence-electron chi connectivity index (χ1n) is 12.7. The molecule has 0 saturated carbocycles. The molecule has 0 spiro atoms. The lowest BCUT2D eigenvalue weighted by Gasteiger charge is -2.22. The molecule has 0 saturated heterocycles. The number of hydrogen-bond donors (Lipinski definition) is 1.